The highest BCUT2D eigenvalue weighted by Crippen LogP contribution is 2.29. The predicted molar refractivity (Wildman–Crippen MR) is 110 cm³/mol. The summed E-state index contributed by atoms with van der Waals surface area (Å²) in [6, 6.07) is 0.415. The first-order chi connectivity index (χ1) is 11.8. The van der Waals surface area contributed by atoms with E-state index in [1.165, 1.54) is 12.8 Å². The summed E-state index contributed by atoms with van der Waals surface area (Å²) in [4.78, 5) is 10.2. The van der Waals surface area contributed by atoms with Gasteiger partial charge in [0.2, 0.25) is 0 Å². The van der Waals surface area contributed by atoms with Crippen molar-refractivity contribution in [3.63, 3.8) is 0 Å². The van der Waals surface area contributed by atoms with Gasteiger partial charge in [0.05, 0.1) is 6.54 Å². The third-order valence-electron chi connectivity index (χ3n) is 4.33. The smallest absolute Gasteiger partial charge is 0.355 e. The lowest BCUT2D eigenvalue weighted by molar-refractivity contribution is -0.140. The standard InChI is InChI=1S/C16H26F3N5S.HI/c1-11(2)12(24-6-4-5-7-24)8-21-15(20-3)22-9-14-23-13(10-25-14)16(17,18)19;/h10-12H,4-9H2,1-3H3,(H2,20,21,22);1H. The molecule has 150 valence electrons. The Morgan fingerprint density at radius 3 is 2.46 bits per heavy atom. The van der Waals surface area contributed by atoms with Crippen molar-refractivity contribution >= 4 is 41.3 Å². The Balaban J connectivity index is 0.00000338. The minimum absolute atomic E-state index is 0. The van der Waals surface area contributed by atoms with E-state index >= 15 is 0 Å². The van der Waals surface area contributed by atoms with Gasteiger partial charge in [0, 0.05) is 25.0 Å². The van der Waals surface area contributed by atoms with Gasteiger partial charge in [-0.15, -0.1) is 35.3 Å². The number of likely N-dealkylation sites (tertiary alicyclic amines) is 1. The number of rotatable bonds is 6. The van der Waals surface area contributed by atoms with E-state index in [1.807, 2.05) is 0 Å². The van der Waals surface area contributed by atoms with Crippen LogP contribution in [0, 0.1) is 5.92 Å². The van der Waals surface area contributed by atoms with E-state index in [9.17, 15) is 13.2 Å². The van der Waals surface area contributed by atoms with Crippen LogP contribution < -0.4 is 10.6 Å². The molecular weight excluding hydrogens is 478 g/mol. The number of halogens is 4. The summed E-state index contributed by atoms with van der Waals surface area (Å²) in [7, 11) is 1.65. The lowest BCUT2D eigenvalue weighted by atomic mass is 10.0. The normalized spacial score (nSPS) is 17.3. The zero-order chi connectivity index (χ0) is 18.4. The van der Waals surface area contributed by atoms with Crippen LogP contribution in [0.1, 0.15) is 37.4 Å². The molecule has 0 spiro atoms. The summed E-state index contributed by atoms with van der Waals surface area (Å²) >= 11 is 0.994. The molecule has 10 heteroatoms. The van der Waals surface area contributed by atoms with Crippen molar-refractivity contribution in [1.82, 2.24) is 20.5 Å². The maximum absolute atomic E-state index is 12.6. The fourth-order valence-corrected chi connectivity index (χ4v) is 3.70. The third kappa shape index (κ3) is 6.84. The monoisotopic (exact) mass is 505 g/mol. The van der Waals surface area contributed by atoms with E-state index in [2.05, 4.69) is 39.4 Å². The van der Waals surface area contributed by atoms with Crippen LogP contribution in [-0.4, -0.2) is 48.6 Å². The molecule has 2 heterocycles. The Bertz CT molecular complexity index is 570. The minimum atomic E-state index is -4.39. The number of thiazole rings is 1. The zero-order valence-electron chi connectivity index (χ0n) is 15.3. The van der Waals surface area contributed by atoms with E-state index in [1.54, 1.807) is 7.05 Å². The molecule has 1 saturated heterocycles. The lowest BCUT2D eigenvalue weighted by Crippen LogP contribution is -2.48. The minimum Gasteiger partial charge on any atom is -0.355 e. The van der Waals surface area contributed by atoms with Gasteiger partial charge in [-0.05, 0) is 31.8 Å². The highest BCUT2D eigenvalue weighted by molar-refractivity contribution is 14.0. The molecule has 1 aliphatic heterocycles. The van der Waals surface area contributed by atoms with Crippen molar-refractivity contribution in [2.75, 3.05) is 26.7 Å². The number of guanidine groups is 1. The lowest BCUT2D eigenvalue weighted by Gasteiger charge is -2.31. The van der Waals surface area contributed by atoms with Gasteiger partial charge in [-0.3, -0.25) is 9.89 Å². The molecule has 1 aliphatic rings. The molecule has 0 bridgehead atoms. The van der Waals surface area contributed by atoms with Gasteiger partial charge in [-0.1, -0.05) is 13.8 Å². The molecule has 0 radical (unpaired) electrons. The summed E-state index contributed by atoms with van der Waals surface area (Å²) < 4.78 is 37.7. The largest absolute Gasteiger partial charge is 0.434 e. The van der Waals surface area contributed by atoms with Gasteiger partial charge >= 0.3 is 6.18 Å². The average molecular weight is 505 g/mol. The number of hydrogen-bond donors (Lipinski definition) is 2. The van der Waals surface area contributed by atoms with Crippen LogP contribution in [0.5, 0.6) is 0 Å². The molecule has 2 rings (SSSR count). The molecule has 2 N–H and O–H groups in total. The molecular formula is C16H27F3IN5S. The summed E-state index contributed by atoms with van der Waals surface area (Å²) in [5.41, 5.74) is -0.842. The van der Waals surface area contributed by atoms with Gasteiger partial charge in [-0.2, -0.15) is 13.2 Å². The number of aliphatic imine (C=N–C) groups is 1. The van der Waals surface area contributed by atoms with Crippen molar-refractivity contribution in [2.45, 2.75) is 45.5 Å². The Morgan fingerprint density at radius 1 is 1.31 bits per heavy atom. The molecule has 1 atom stereocenters. The van der Waals surface area contributed by atoms with E-state index in [0.717, 1.165) is 36.4 Å². The first-order valence-corrected chi connectivity index (χ1v) is 9.39. The van der Waals surface area contributed by atoms with Gasteiger partial charge in [0.15, 0.2) is 11.7 Å². The Hall–Kier alpha value is -0.620. The molecule has 1 aromatic rings. The van der Waals surface area contributed by atoms with Gasteiger partial charge < -0.3 is 10.6 Å². The van der Waals surface area contributed by atoms with Crippen molar-refractivity contribution in [3.05, 3.63) is 16.1 Å². The van der Waals surface area contributed by atoms with E-state index in [-0.39, 0.29) is 30.5 Å². The molecule has 1 fully saturated rings. The predicted octanol–water partition coefficient (Wildman–Crippen LogP) is 3.57. The number of alkyl halides is 3. The Morgan fingerprint density at radius 2 is 1.96 bits per heavy atom. The Labute approximate surface area is 173 Å². The zero-order valence-corrected chi connectivity index (χ0v) is 18.4. The van der Waals surface area contributed by atoms with Crippen LogP contribution in [-0.2, 0) is 12.7 Å². The fraction of sp³-hybridized carbons (Fsp3) is 0.750. The van der Waals surface area contributed by atoms with E-state index in [0.29, 0.717) is 22.9 Å². The van der Waals surface area contributed by atoms with Crippen molar-refractivity contribution in [3.8, 4) is 0 Å². The molecule has 0 amide bonds. The fourth-order valence-electron chi connectivity index (χ4n) is 2.96. The topological polar surface area (TPSA) is 52.6 Å². The maximum Gasteiger partial charge on any atom is 0.434 e. The number of nitrogens with one attached hydrogen (secondary N) is 2. The van der Waals surface area contributed by atoms with E-state index in [4.69, 9.17) is 0 Å². The average Bonchev–Trinajstić information content (AvgIpc) is 3.21. The van der Waals surface area contributed by atoms with Crippen LogP contribution in [0.2, 0.25) is 0 Å². The van der Waals surface area contributed by atoms with Gasteiger partial charge in [0.25, 0.3) is 0 Å². The number of aromatic nitrogens is 1. The number of nitrogens with zero attached hydrogens (tertiary/aromatic N) is 3. The van der Waals surface area contributed by atoms with Crippen molar-refractivity contribution in [1.29, 1.82) is 0 Å². The first kappa shape index (κ1) is 23.4. The molecule has 0 aliphatic carbocycles. The van der Waals surface area contributed by atoms with E-state index < -0.39 is 11.9 Å². The second-order valence-electron chi connectivity index (χ2n) is 6.49. The van der Waals surface area contributed by atoms with Gasteiger partial charge in [-0.25, -0.2) is 4.98 Å². The maximum atomic E-state index is 12.6. The van der Waals surface area contributed by atoms with Crippen molar-refractivity contribution < 1.29 is 13.2 Å². The Kier molecular flexibility index (Phi) is 9.59. The molecule has 5 nitrogen and oxygen atoms in total. The first-order valence-electron chi connectivity index (χ1n) is 8.51. The third-order valence-corrected chi connectivity index (χ3v) is 5.18. The highest BCUT2D eigenvalue weighted by Gasteiger charge is 2.33. The summed E-state index contributed by atoms with van der Waals surface area (Å²) in [6.45, 7) is 7.62. The van der Waals surface area contributed by atoms with Crippen LogP contribution in [0.3, 0.4) is 0 Å². The number of hydrogen-bond acceptors (Lipinski definition) is 4. The molecule has 26 heavy (non-hydrogen) atoms. The second kappa shape index (κ2) is 10.6. The summed E-state index contributed by atoms with van der Waals surface area (Å²) in [5.74, 6) is 1.09. The summed E-state index contributed by atoms with van der Waals surface area (Å²) in [5, 5.41) is 7.74. The van der Waals surface area contributed by atoms with Crippen LogP contribution in [0.25, 0.3) is 0 Å². The van der Waals surface area contributed by atoms with Crippen molar-refractivity contribution in [2.24, 2.45) is 10.9 Å². The molecule has 0 saturated carbocycles. The highest BCUT2D eigenvalue weighted by atomic mass is 127. The molecule has 1 aromatic heterocycles. The van der Waals surface area contributed by atoms with Crippen LogP contribution in [0.15, 0.2) is 10.4 Å². The van der Waals surface area contributed by atoms with Gasteiger partial charge in [0.1, 0.15) is 5.01 Å². The molecule has 1 unspecified atom stereocenters. The van der Waals surface area contributed by atoms with Crippen LogP contribution >= 0.6 is 35.3 Å². The quantitative estimate of drug-likeness (QED) is 0.353. The second-order valence-corrected chi connectivity index (χ2v) is 7.43. The molecule has 0 aromatic carbocycles. The van der Waals surface area contributed by atoms with Crippen LogP contribution in [0.4, 0.5) is 13.2 Å². The summed E-state index contributed by atoms with van der Waals surface area (Å²) in [6.07, 6.45) is -1.92. The SMILES string of the molecule is CN=C(NCc1nc(C(F)(F)F)cs1)NCC(C(C)C)N1CCCC1.I.